The van der Waals surface area contributed by atoms with Crippen molar-refractivity contribution in [1.29, 1.82) is 5.26 Å². The van der Waals surface area contributed by atoms with Gasteiger partial charge in [0.2, 0.25) is 12.0 Å². The third kappa shape index (κ3) is 3.47. The number of nitrogens with zero attached hydrogens (tertiary/aromatic N) is 3. The van der Waals surface area contributed by atoms with Gasteiger partial charge in [-0.3, -0.25) is 9.59 Å². The van der Waals surface area contributed by atoms with E-state index in [4.69, 9.17) is 20.9 Å². The molecule has 1 aliphatic heterocycles. The molecule has 140 valence electrons. The second-order valence-electron chi connectivity index (χ2n) is 7.03. The number of halogens is 1. The SMILES string of the molecule is CCCC1=C(Cl)C(=O)N(c2noc(C(C)(C)C)c2C#N)C1OC(=O)CC. The third-order valence-electron chi connectivity index (χ3n) is 3.97. The third-order valence-corrected chi connectivity index (χ3v) is 4.37. The molecule has 2 rings (SSSR count). The Labute approximate surface area is 157 Å². The minimum Gasteiger partial charge on any atom is -0.437 e. The molecule has 1 aromatic rings. The average Bonchev–Trinajstić information content (AvgIpc) is 3.10. The number of aromatic nitrogens is 1. The molecule has 2 heterocycles. The Morgan fingerprint density at radius 1 is 1.42 bits per heavy atom. The van der Waals surface area contributed by atoms with Gasteiger partial charge in [0.1, 0.15) is 16.7 Å². The van der Waals surface area contributed by atoms with Crippen molar-refractivity contribution in [3.63, 3.8) is 0 Å². The number of nitriles is 1. The summed E-state index contributed by atoms with van der Waals surface area (Å²) in [5.41, 5.74) is 0.147. The van der Waals surface area contributed by atoms with E-state index in [-0.39, 0.29) is 22.8 Å². The van der Waals surface area contributed by atoms with Crippen molar-refractivity contribution in [2.75, 3.05) is 4.90 Å². The van der Waals surface area contributed by atoms with Gasteiger partial charge < -0.3 is 9.26 Å². The Morgan fingerprint density at radius 3 is 2.58 bits per heavy atom. The van der Waals surface area contributed by atoms with Crippen LogP contribution in [0.5, 0.6) is 0 Å². The molecule has 0 aliphatic carbocycles. The van der Waals surface area contributed by atoms with Gasteiger partial charge in [0.15, 0.2) is 5.76 Å². The lowest BCUT2D eigenvalue weighted by molar-refractivity contribution is -0.147. The molecule has 1 unspecified atom stereocenters. The maximum absolute atomic E-state index is 12.8. The van der Waals surface area contributed by atoms with Crippen LogP contribution in [0.25, 0.3) is 0 Å². The van der Waals surface area contributed by atoms with Crippen LogP contribution < -0.4 is 4.90 Å². The summed E-state index contributed by atoms with van der Waals surface area (Å²) >= 11 is 6.22. The van der Waals surface area contributed by atoms with Crippen LogP contribution in [0.15, 0.2) is 15.1 Å². The van der Waals surface area contributed by atoms with E-state index in [2.05, 4.69) is 5.16 Å². The van der Waals surface area contributed by atoms with Gasteiger partial charge in [0.05, 0.1) is 0 Å². The van der Waals surface area contributed by atoms with Crippen molar-refractivity contribution in [1.82, 2.24) is 5.16 Å². The van der Waals surface area contributed by atoms with Crippen molar-refractivity contribution in [3.05, 3.63) is 21.9 Å². The number of carbonyl (C=O) groups is 2. The number of esters is 1. The second-order valence-corrected chi connectivity index (χ2v) is 7.41. The fraction of sp³-hybridized carbons (Fsp3) is 0.556. The van der Waals surface area contributed by atoms with Crippen molar-refractivity contribution < 1.29 is 18.8 Å². The molecule has 0 saturated carbocycles. The summed E-state index contributed by atoms with van der Waals surface area (Å²) in [5.74, 6) is -0.677. The molecule has 0 aromatic carbocycles. The minimum atomic E-state index is -1.02. The highest BCUT2D eigenvalue weighted by Gasteiger charge is 2.45. The molecule has 0 radical (unpaired) electrons. The summed E-state index contributed by atoms with van der Waals surface area (Å²) in [5, 5.41) is 13.5. The van der Waals surface area contributed by atoms with E-state index in [1.54, 1.807) is 6.92 Å². The standard InChI is InChI=1S/C18H22ClN3O4/c1-6-8-10-13(19)16(24)22(17(10)25-12(23)7-2)15-11(9-20)14(26-21-15)18(3,4)5/h17H,6-8H2,1-5H3. The largest absolute Gasteiger partial charge is 0.437 e. The zero-order valence-electron chi connectivity index (χ0n) is 15.6. The van der Waals surface area contributed by atoms with E-state index in [1.807, 2.05) is 33.8 Å². The van der Waals surface area contributed by atoms with E-state index >= 15 is 0 Å². The number of anilines is 1. The van der Waals surface area contributed by atoms with Gasteiger partial charge in [-0.2, -0.15) is 5.26 Å². The van der Waals surface area contributed by atoms with Crippen LogP contribution >= 0.6 is 11.6 Å². The quantitative estimate of drug-likeness (QED) is 0.722. The molecule has 0 spiro atoms. The fourth-order valence-corrected chi connectivity index (χ4v) is 2.99. The van der Waals surface area contributed by atoms with Crippen molar-refractivity contribution >= 4 is 29.3 Å². The second kappa shape index (κ2) is 7.50. The summed E-state index contributed by atoms with van der Waals surface area (Å²) in [6.45, 7) is 9.19. The smallest absolute Gasteiger partial charge is 0.307 e. The van der Waals surface area contributed by atoms with E-state index in [0.29, 0.717) is 24.2 Å². The van der Waals surface area contributed by atoms with Crippen LogP contribution in [-0.2, 0) is 19.7 Å². The fourth-order valence-electron chi connectivity index (χ4n) is 2.71. The molecular formula is C18H22ClN3O4. The highest BCUT2D eigenvalue weighted by molar-refractivity contribution is 6.45. The van der Waals surface area contributed by atoms with Gasteiger partial charge in [-0.15, -0.1) is 0 Å². The first-order valence-electron chi connectivity index (χ1n) is 8.49. The molecule has 0 fully saturated rings. The first kappa shape index (κ1) is 20.0. The lowest BCUT2D eigenvalue weighted by Gasteiger charge is -2.24. The molecule has 26 heavy (non-hydrogen) atoms. The number of amides is 1. The highest BCUT2D eigenvalue weighted by atomic mass is 35.5. The van der Waals surface area contributed by atoms with Crippen LogP contribution in [0.2, 0.25) is 0 Å². The van der Waals surface area contributed by atoms with Crippen LogP contribution in [0.3, 0.4) is 0 Å². The maximum Gasteiger partial charge on any atom is 0.307 e. The van der Waals surface area contributed by atoms with Gasteiger partial charge in [-0.1, -0.05) is 57.8 Å². The van der Waals surface area contributed by atoms with Gasteiger partial charge in [0, 0.05) is 17.4 Å². The lowest BCUT2D eigenvalue weighted by Crippen LogP contribution is -2.39. The van der Waals surface area contributed by atoms with E-state index in [1.165, 1.54) is 0 Å². The lowest BCUT2D eigenvalue weighted by atomic mass is 9.90. The summed E-state index contributed by atoms with van der Waals surface area (Å²) in [6, 6.07) is 2.05. The van der Waals surface area contributed by atoms with Gasteiger partial charge in [0.25, 0.3) is 5.91 Å². The minimum absolute atomic E-state index is 0.00930. The Balaban J connectivity index is 2.57. The molecule has 0 N–H and O–H groups in total. The Kier molecular flexibility index (Phi) is 5.77. The van der Waals surface area contributed by atoms with E-state index in [0.717, 1.165) is 4.90 Å². The van der Waals surface area contributed by atoms with Crippen molar-refractivity contribution in [2.24, 2.45) is 0 Å². The number of hydrogen-bond acceptors (Lipinski definition) is 6. The molecule has 1 atom stereocenters. The molecular weight excluding hydrogens is 358 g/mol. The molecule has 0 bridgehead atoms. The van der Waals surface area contributed by atoms with Crippen LogP contribution in [0.4, 0.5) is 5.82 Å². The Morgan fingerprint density at radius 2 is 2.08 bits per heavy atom. The topological polar surface area (TPSA) is 96.4 Å². The Bertz CT molecular complexity index is 798. The zero-order valence-corrected chi connectivity index (χ0v) is 16.3. The summed E-state index contributed by atoms with van der Waals surface area (Å²) < 4.78 is 10.8. The molecule has 7 nitrogen and oxygen atoms in total. The van der Waals surface area contributed by atoms with Crippen molar-refractivity contribution in [3.8, 4) is 6.07 Å². The number of hydrogen-bond donors (Lipinski definition) is 0. The van der Waals surface area contributed by atoms with Crippen LogP contribution in [0.1, 0.15) is 65.2 Å². The average molecular weight is 380 g/mol. The summed E-state index contributed by atoms with van der Waals surface area (Å²) in [6.07, 6.45) is 0.318. The zero-order chi connectivity index (χ0) is 19.6. The van der Waals surface area contributed by atoms with Gasteiger partial charge in [-0.25, -0.2) is 4.90 Å². The normalized spacial score (nSPS) is 17.7. The molecule has 8 heteroatoms. The summed E-state index contributed by atoms with van der Waals surface area (Å²) in [7, 11) is 0. The molecule has 0 saturated heterocycles. The van der Waals surface area contributed by atoms with Gasteiger partial charge >= 0.3 is 5.97 Å². The number of ether oxygens (including phenoxy) is 1. The van der Waals surface area contributed by atoms with Crippen LogP contribution in [-0.4, -0.2) is 23.3 Å². The first-order chi connectivity index (χ1) is 12.2. The molecule has 1 aliphatic rings. The first-order valence-corrected chi connectivity index (χ1v) is 8.86. The Hall–Kier alpha value is -2.33. The highest BCUT2D eigenvalue weighted by Crippen LogP contribution is 2.39. The summed E-state index contributed by atoms with van der Waals surface area (Å²) in [4.78, 5) is 25.8. The van der Waals surface area contributed by atoms with Crippen molar-refractivity contribution in [2.45, 2.75) is 65.5 Å². The monoisotopic (exact) mass is 379 g/mol. The predicted molar refractivity (Wildman–Crippen MR) is 95.4 cm³/mol. The van der Waals surface area contributed by atoms with E-state index in [9.17, 15) is 14.9 Å². The van der Waals surface area contributed by atoms with Crippen LogP contribution in [0, 0.1) is 11.3 Å². The molecule has 1 amide bonds. The number of carbonyl (C=O) groups excluding carboxylic acids is 2. The number of rotatable bonds is 5. The maximum atomic E-state index is 12.8. The van der Waals surface area contributed by atoms with Gasteiger partial charge in [-0.05, 0) is 6.42 Å². The predicted octanol–water partition coefficient (Wildman–Crippen LogP) is 3.76. The molecule has 1 aromatic heterocycles. The van der Waals surface area contributed by atoms with E-state index < -0.39 is 23.5 Å².